The average molecular weight is 502 g/mol. The number of para-hydroxylation sites is 1. The van der Waals surface area contributed by atoms with Crippen molar-refractivity contribution in [3.05, 3.63) is 29.8 Å². The standard InChI is InChI=1S/C23H27F5N4O3/c1-3-21(4-2)10-17(33)32(20(29)31-21)11-13-18(22(13,24)25)19(34)30-14-9-16(23(26,27)28)35-15-8-6-5-7-12(14)15/h5-8,13-14,16,18H,3-4,9-11H2,1-2H3,(H2,29,31)(H,30,34)/t13?,14-,16-,18?/m1/s1. The van der Waals surface area contributed by atoms with Crippen molar-refractivity contribution in [3.63, 3.8) is 0 Å². The van der Waals surface area contributed by atoms with E-state index in [1.807, 2.05) is 13.8 Å². The van der Waals surface area contributed by atoms with Crippen LogP contribution in [0, 0.1) is 11.8 Å². The zero-order valence-corrected chi connectivity index (χ0v) is 19.2. The van der Waals surface area contributed by atoms with Gasteiger partial charge in [0.15, 0.2) is 12.1 Å². The second-order valence-electron chi connectivity index (χ2n) is 9.32. The molecule has 2 aliphatic heterocycles. The van der Waals surface area contributed by atoms with Gasteiger partial charge in [0, 0.05) is 18.5 Å². The van der Waals surface area contributed by atoms with Crippen molar-refractivity contribution < 1.29 is 36.3 Å². The monoisotopic (exact) mass is 502 g/mol. The third kappa shape index (κ3) is 4.54. The predicted molar refractivity (Wildman–Crippen MR) is 116 cm³/mol. The Morgan fingerprint density at radius 2 is 1.91 bits per heavy atom. The van der Waals surface area contributed by atoms with Gasteiger partial charge in [0.05, 0.1) is 23.9 Å². The fourth-order valence-corrected chi connectivity index (χ4v) is 4.89. The summed E-state index contributed by atoms with van der Waals surface area (Å²) in [6.07, 6.45) is -6.39. The Balaban J connectivity index is 1.49. The highest BCUT2D eigenvalue weighted by atomic mass is 19.4. The molecule has 0 spiro atoms. The lowest BCUT2D eigenvalue weighted by Crippen LogP contribution is -2.52. The van der Waals surface area contributed by atoms with E-state index in [9.17, 15) is 31.5 Å². The number of halogens is 5. The molecular weight excluding hydrogens is 475 g/mol. The Kier molecular flexibility index (Phi) is 6.21. The Morgan fingerprint density at radius 1 is 1.26 bits per heavy atom. The number of benzene rings is 1. The van der Waals surface area contributed by atoms with Crippen LogP contribution in [0.1, 0.15) is 51.1 Å². The van der Waals surface area contributed by atoms with Crippen molar-refractivity contribution in [3.8, 4) is 5.75 Å². The van der Waals surface area contributed by atoms with Gasteiger partial charge in [-0.15, -0.1) is 0 Å². The number of ether oxygens (including phenoxy) is 1. The summed E-state index contributed by atoms with van der Waals surface area (Å²) in [4.78, 5) is 30.8. The van der Waals surface area contributed by atoms with Crippen LogP contribution in [0.5, 0.6) is 5.75 Å². The number of guanidine groups is 1. The number of fused-ring (bicyclic) bond motifs is 1. The van der Waals surface area contributed by atoms with E-state index in [1.54, 1.807) is 6.07 Å². The first kappa shape index (κ1) is 25.2. The molecule has 35 heavy (non-hydrogen) atoms. The van der Waals surface area contributed by atoms with Crippen molar-refractivity contribution in [1.82, 2.24) is 10.2 Å². The fraction of sp³-hybridized carbons (Fsp3) is 0.609. The average Bonchev–Trinajstić information content (AvgIpc) is 3.35. The number of nitrogens with one attached hydrogen (secondary N) is 1. The van der Waals surface area contributed by atoms with Gasteiger partial charge in [-0.05, 0) is 18.9 Å². The quantitative estimate of drug-likeness (QED) is 0.582. The molecule has 1 aliphatic carbocycles. The molecule has 7 nitrogen and oxygen atoms in total. The van der Waals surface area contributed by atoms with Crippen molar-refractivity contribution in [1.29, 1.82) is 0 Å². The summed E-state index contributed by atoms with van der Waals surface area (Å²) in [5.74, 6) is -8.53. The Labute approximate surface area is 198 Å². The molecule has 1 fully saturated rings. The molecule has 0 bridgehead atoms. The molecule has 192 valence electrons. The largest absolute Gasteiger partial charge is 0.480 e. The van der Waals surface area contributed by atoms with Gasteiger partial charge in [-0.1, -0.05) is 32.0 Å². The first-order chi connectivity index (χ1) is 16.3. The summed E-state index contributed by atoms with van der Waals surface area (Å²) in [6, 6.07) is 4.69. The molecular formula is C23H27F5N4O3. The van der Waals surface area contributed by atoms with Crippen molar-refractivity contribution in [2.24, 2.45) is 22.6 Å². The third-order valence-electron chi connectivity index (χ3n) is 7.28. The second-order valence-corrected chi connectivity index (χ2v) is 9.32. The van der Waals surface area contributed by atoms with Gasteiger partial charge in [-0.2, -0.15) is 13.2 Å². The highest BCUT2D eigenvalue weighted by Gasteiger charge is 2.72. The van der Waals surface area contributed by atoms with Gasteiger partial charge in [0.2, 0.25) is 11.8 Å². The Morgan fingerprint density at radius 3 is 2.51 bits per heavy atom. The zero-order valence-electron chi connectivity index (χ0n) is 19.2. The molecule has 1 aromatic carbocycles. The van der Waals surface area contributed by atoms with E-state index in [2.05, 4.69) is 10.3 Å². The minimum absolute atomic E-state index is 0.0214. The number of hydrogen-bond acceptors (Lipinski definition) is 5. The number of rotatable bonds is 6. The normalized spacial score (nSPS) is 29.1. The first-order valence-electron chi connectivity index (χ1n) is 11.5. The topological polar surface area (TPSA) is 97.0 Å². The minimum atomic E-state index is -4.69. The summed E-state index contributed by atoms with van der Waals surface area (Å²) in [6.45, 7) is 3.21. The van der Waals surface area contributed by atoms with E-state index in [0.29, 0.717) is 12.8 Å². The molecule has 2 amide bonds. The van der Waals surface area contributed by atoms with Crippen LogP contribution in [-0.2, 0) is 9.59 Å². The summed E-state index contributed by atoms with van der Waals surface area (Å²) < 4.78 is 74.3. The Bertz CT molecular complexity index is 1040. The second kappa shape index (κ2) is 8.63. The van der Waals surface area contributed by atoms with E-state index >= 15 is 0 Å². The predicted octanol–water partition coefficient (Wildman–Crippen LogP) is 3.54. The van der Waals surface area contributed by atoms with Crippen molar-refractivity contribution in [2.75, 3.05) is 6.54 Å². The molecule has 4 rings (SSSR count). The number of carbonyl (C=O) groups excluding carboxylic acids is 2. The molecule has 0 saturated heterocycles. The van der Waals surface area contributed by atoms with Gasteiger partial charge < -0.3 is 15.8 Å². The Hall–Kier alpha value is -2.92. The van der Waals surface area contributed by atoms with Gasteiger partial charge in [0.1, 0.15) is 11.7 Å². The van der Waals surface area contributed by atoms with Crippen LogP contribution in [-0.4, -0.2) is 53.0 Å². The van der Waals surface area contributed by atoms with Gasteiger partial charge in [0.25, 0.3) is 5.92 Å². The molecule has 12 heteroatoms. The maximum absolute atomic E-state index is 14.6. The molecule has 2 unspecified atom stereocenters. The fourth-order valence-electron chi connectivity index (χ4n) is 4.89. The zero-order chi connectivity index (χ0) is 25.8. The summed E-state index contributed by atoms with van der Waals surface area (Å²) in [7, 11) is 0. The molecule has 3 N–H and O–H groups in total. The van der Waals surface area contributed by atoms with Crippen LogP contribution in [0.4, 0.5) is 22.0 Å². The van der Waals surface area contributed by atoms with E-state index < -0.39 is 66.4 Å². The number of aliphatic imine (C=N–C) groups is 1. The number of hydrogen-bond donors (Lipinski definition) is 2. The first-order valence-corrected chi connectivity index (χ1v) is 11.5. The summed E-state index contributed by atoms with van der Waals surface area (Å²) >= 11 is 0. The number of amides is 2. The van der Waals surface area contributed by atoms with E-state index in [4.69, 9.17) is 10.5 Å². The maximum atomic E-state index is 14.6. The van der Waals surface area contributed by atoms with Crippen LogP contribution < -0.4 is 15.8 Å². The van der Waals surface area contributed by atoms with Gasteiger partial charge in [-0.3, -0.25) is 14.5 Å². The van der Waals surface area contributed by atoms with E-state index in [0.717, 1.165) is 4.90 Å². The summed E-state index contributed by atoms with van der Waals surface area (Å²) in [5, 5.41) is 2.35. The van der Waals surface area contributed by atoms with Gasteiger partial charge >= 0.3 is 6.18 Å². The number of nitrogens with two attached hydrogens (primary N) is 1. The molecule has 4 atom stereocenters. The SMILES string of the molecule is CCC1(CC)CC(=O)N(CC2C(C(=O)N[C@@H]3C[C@H](C(F)(F)F)Oc4ccccc43)C2(F)F)C(N)=N1. The van der Waals surface area contributed by atoms with Crippen LogP contribution in [0.25, 0.3) is 0 Å². The number of alkyl halides is 5. The molecule has 1 saturated carbocycles. The van der Waals surface area contributed by atoms with Crippen LogP contribution in [0.3, 0.4) is 0 Å². The molecule has 2 heterocycles. The lowest BCUT2D eigenvalue weighted by atomic mass is 9.88. The molecule has 3 aliphatic rings. The number of carbonyl (C=O) groups is 2. The highest BCUT2D eigenvalue weighted by molar-refractivity contribution is 5.99. The van der Waals surface area contributed by atoms with Crippen LogP contribution in [0.2, 0.25) is 0 Å². The van der Waals surface area contributed by atoms with Gasteiger partial charge in [-0.25, -0.2) is 13.8 Å². The van der Waals surface area contributed by atoms with Crippen LogP contribution >= 0.6 is 0 Å². The molecule has 0 aromatic heterocycles. The van der Waals surface area contributed by atoms with Crippen molar-refractivity contribution >= 4 is 17.8 Å². The lowest BCUT2D eigenvalue weighted by molar-refractivity contribution is -0.201. The van der Waals surface area contributed by atoms with E-state index in [1.165, 1.54) is 18.2 Å². The van der Waals surface area contributed by atoms with Crippen molar-refractivity contribution in [2.45, 2.75) is 69.3 Å². The molecule has 1 aromatic rings. The van der Waals surface area contributed by atoms with E-state index in [-0.39, 0.29) is 23.7 Å². The summed E-state index contributed by atoms with van der Waals surface area (Å²) in [5.41, 5.74) is 5.53. The molecule has 0 radical (unpaired) electrons. The smallest absolute Gasteiger partial charge is 0.425 e. The lowest BCUT2D eigenvalue weighted by Gasteiger charge is -2.36. The number of nitrogens with zero attached hydrogens (tertiary/aromatic N) is 2. The third-order valence-corrected chi connectivity index (χ3v) is 7.28. The maximum Gasteiger partial charge on any atom is 0.425 e. The minimum Gasteiger partial charge on any atom is -0.480 e. The van der Waals surface area contributed by atoms with Crippen LogP contribution in [0.15, 0.2) is 29.3 Å². The highest BCUT2D eigenvalue weighted by Crippen LogP contribution is 2.56.